The SMILES string of the molecule is COC(=O)CCCC(=O)c1ccc(NC(c2ccc(-c3nnc(-c4ccccc4)o3)cc2)C(C)C)cc1. The van der Waals surface area contributed by atoms with Gasteiger partial charge in [0.05, 0.1) is 13.2 Å². The Morgan fingerprint density at radius 2 is 1.46 bits per heavy atom. The number of esters is 1. The second-order valence-corrected chi connectivity index (χ2v) is 9.20. The minimum atomic E-state index is -0.297. The van der Waals surface area contributed by atoms with Gasteiger partial charge in [0.1, 0.15) is 0 Å². The first kappa shape index (κ1) is 25.8. The molecule has 4 rings (SSSR count). The number of carbonyl (C=O) groups is 2. The molecule has 1 heterocycles. The Kier molecular flexibility index (Phi) is 8.46. The number of anilines is 1. The van der Waals surface area contributed by atoms with E-state index in [0.29, 0.717) is 36.1 Å². The van der Waals surface area contributed by atoms with Crippen LogP contribution in [0.5, 0.6) is 0 Å². The molecule has 0 spiro atoms. The summed E-state index contributed by atoms with van der Waals surface area (Å²) < 4.78 is 10.5. The molecule has 1 aromatic heterocycles. The largest absolute Gasteiger partial charge is 0.469 e. The Balaban J connectivity index is 1.41. The van der Waals surface area contributed by atoms with Crippen molar-refractivity contribution in [3.8, 4) is 22.9 Å². The molecule has 4 aromatic rings. The highest BCUT2D eigenvalue weighted by Gasteiger charge is 2.17. The number of hydrogen-bond donors (Lipinski definition) is 1. The molecule has 190 valence electrons. The molecular formula is C30H31N3O4. The third kappa shape index (κ3) is 6.70. The molecule has 7 nitrogen and oxygen atoms in total. The summed E-state index contributed by atoms with van der Waals surface area (Å²) in [7, 11) is 1.35. The zero-order valence-corrected chi connectivity index (χ0v) is 21.3. The van der Waals surface area contributed by atoms with Gasteiger partial charge in [0.15, 0.2) is 5.78 Å². The van der Waals surface area contributed by atoms with Crippen LogP contribution in [0.2, 0.25) is 0 Å². The average Bonchev–Trinajstić information content (AvgIpc) is 3.43. The van der Waals surface area contributed by atoms with Crippen LogP contribution < -0.4 is 5.32 Å². The first-order chi connectivity index (χ1) is 17.9. The van der Waals surface area contributed by atoms with Crippen molar-refractivity contribution in [1.82, 2.24) is 10.2 Å². The van der Waals surface area contributed by atoms with Gasteiger partial charge in [-0.15, -0.1) is 10.2 Å². The maximum absolute atomic E-state index is 12.4. The van der Waals surface area contributed by atoms with E-state index in [9.17, 15) is 9.59 Å². The molecule has 0 radical (unpaired) electrons. The van der Waals surface area contributed by atoms with E-state index in [0.717, 1.165) is 22.4 Å². The minimum Gasteiger partial charge on any atom is -0.469 e. The van der Waals surface area contributed by atoms with Crippen LogP contribution in [-0.2, 0) is 9.53 Å². The van der Waals surface area contributed by atoms with Crippen molar-refractivity contribution in [2.75, 3.05) is 12.4 Å². The summed E-state index contributed by atoms with van der Waals surface area (Å²) in [6, 6.07) is 25.4. The number of aromatic nitrogens is 2. The van der Waals surface area contributed by atoms with Gasteiger partial charge in [-0.2, -0.15) is 0 Å². The topological polar surface area (TPSA) is 94.3 Å². The van der Waals surface area contributed by atoms with E-state index < -0.39 is 0 Å². The fraction of sp³-hybridized carbons (Fsp3) is 0.267. The molecule has 3 aromatic carbocycles. The van der Waals surface area contributed by atoms with E-state index in [-0.39, 0.29) is 24.2 Å². The smallest absolute Gasteiger partial charge is 0.305 e. The van der Waals surface area contributed by atoms with Crippen molar-refractivity contribution in [2.45, 2.75) is 39.2 Å². The summed E-state index contributed by atoms with van der Waals surface area (Å²) in [6.45, 7) is 4.32. The maximum Gasteiger partial charge on any atom is 0.305 e. The summed E-state index contributed by atoms with van der Waals surface area (Å²) in [5, 5.41) is 12.0. The molecule has 7 heteroatoms. The van der Waals surface area contributed by atoms with E-state index in [2.05, 4.69) is 46.2 Å². The number of nitrogens with one attached hydrogen (secondary N) is 1. The Morgan fingerprint density at radius 3 is 2.05 bits per heavy atom. The van der Waals surface area contributed by atoms with E-state index in [1.54, 1.807) is 0 Å². The predicted octanol–water partition coefficient (Wildman–Crippen LogP) is 6.74. The lowest BCUT2D eigenvalue weighted by Crippen LogP contribution is -2.16. The molecule has 1 atom stereocenters. The number of methoxy groups -OCH3 is 1. The first-order valence-electron chi connectivity index (χ1n) is 12.4. The fourth-order valence-electron chi connectivity index (χ4n) is 4.08. The first-order valence-corrected chi connectivity index (χ1v) is 12.4. The molecule has 37 heavy (non-hydrogen) atoms. The van der Waals surface area contributed by atoms with E-state index >= 15 is 0 Å². The van der Waals surface area contributed by atoms with Crippen LogP contribution in [0, 0.1) is 5.92 Å². The quantitative estimate of drug-likeness (QED) is 0.181. The third-order valence-electron chi connectivity index (χ3n) is 6.17. The van der Waals surface area contributed by atoms with Crippen molar-refractivity contribution in [1.29, 1.82) is 0 Å². The number of carbonyl (C=O) groups excluding carboxylic acids is 2. The monoisotopic (exact) mass is 497 g/mol. The highest BCUT2D eigenvalue weighted by Crippen LogP contribution is 2.30. The van der Waals surface area contributed by atoms with Gasteiger partial charge in [-0.1, -0.05) is 44.2 Å². The molecule has 1 unspecified atom stereocenters. The molecule has 1 N–H and O–H groups in total. The summed E-state index contributed by atoms with van der Waals surface area (Å²) in [5.41, 5.74) is 4.44. The van der Waals surface area contributed by atoms with E-state index in [1.165, 1.54) is 7.11 Å². The minimum absolute atomic E-state index is 0.0166. The zero-order valence-electron chi connectivity index (χ0n) is 21.3. The van der Waals surface area contributed by atoms with Crippen molar-refractivity contribution in [2.24, 2.45) is 5.92 Å². The van der Waals surface area contributed by atoms with Crippen LogP contribution in [-0.4, -0.2) is 29.1 Å². The third-order valence-corrected chi connectivity index (χ3v) is 6.17. The number of ketones is 1. The highest BCUT2D eigenvalue weighted by molar-refractivity contribution is 5.96. The summed E-state index contributed by atoms with van der Waals surface area (Å²) in [4.78, 5) is 23.7. The van der Waals surface area contributed by atoms with Gasteiger partial charge >= 0.3 is 5.97 Å². The normalized spacial score (nSPS) is 11.8. The molecule has 0 aliphatic heterocycles. The summed E-state index contributed by atoms with van der Waals surface area (Å²) in [5.74, 6) is 1.01. The average molecular weight is 498 g/mol. The van der Waals surface area contributed by atoms with Crippen LogP contribution >= 0.6 is 0 Å². The lowest BCUT2D eigenvalue weighted by molar-refractivity contribution is -0.140. The molecule has 0 fully saturated rings. The molecule has 0 aliphatic carbocycles. The van der Waals surface area contributed by atoms with Crippen molar-refractivity contribution < 1.29 is 18.7 Å². The Morgan fingerprint density at radius 1 is 0.838 bits per heavy atom. The molecule has 0 aliphatic rings. The molecule has 0 saturated heterocycles. The lowest BCUT2D eigenvalue weighted by Gasteiger charge is -2.24. The van der Waals surface area contributed by atoms with E-state index in [4.69, 9.17) is 4.42 Å². The van der Waals surface area contributed by atoms with Crippen LogP contribution in [0.4, 0.5) is 5.69 Å². The van der Waals surface area contributed by atoms with Gasteiger partial charge in [-0.25, -0.2) is 0 Å². The number of benzene rings is 3. The molecule has 0 bridgehead atoms. The van der Waals surface area contributed by atoms with E-state index in [1.807, 2.05) is 66.7 Å². The fourth-order valence-corrected chi connectivity index (χ4v) is 4.08. The van der Waals surface area contributed by atoms with Gasteiger partial charge < -0.3 is 14.5 Å². The summed E-state index contributed by atoms with van der Waals surface area (Å²) in [6.07, 6.45) is 1.04. The van der Waals surface area contributed by atoms with Crippen molar-refractivity contribution >= 4 is 17.4 Å². The van der Waals surface area contributed by atoms with Gasteiger partial charge in [0.25, 0.3) is 0 Å². The van der Waals surface area contributed by atoms with Crippen LogP contribution in [0.1, 0.15) is 55.1 Å². The Bertz CT molecular complexity index is 1310. The van der Waals surface area contributed by atoms with Crippen LogP contribution in [0.3, 0.4) is 0 Å². The number of rotatable bonds is 11. The number of ether oxygens (including phenoxy) is 1. The van der Waals surface area contributed by atoms with Crippen molar-refractivity contribution in [3.05, 3.63) is 90.0 Å². The molecule has 0 saturated carbocycles. The number of hydrogen-bond acceptors (Lipinski definition) is 7. The Labute approximate surface area is 216 Å². The predicted molar refractivity (Wildman–Crippen MR) is 143 cm³/mol. The van der Waals surface area contributed by atoms with Gasteiger partial charge in [-0.3, -0.25) is 9.59 Å². The van der Waals surface area contributed by atoms with Gasteiger partial charge in [0.2, 0.25) is 11.8 Å². The number of nitrogens with zero attached hydrogens (tertiary/aromatic N) is 2. The highest BCUT2D eigenvalue weighted by atomic mass is 16.5. The number of Topliss-reactive ketones (excluding diaryl/α,β-unsaturated/α-hetero) is 1. The van der Waals surface area contributed by atoms with Gasteiger partial charge in [-0.05, 0) is 66.4 Å². The molecular weight excluding hydrogens is 466 g/mol. The lowest BCUT2D eigenvalue weighted by atomic mass is 9.94. The summed E-state index contributed by atoms with van der Waals surface area (Å²) >= 11 is 0. The van der Waals surface area contributed by atoms with Crippen LogP contribution in [0.25, 0.3) is 22.9 Å². The second-order valence-electron chi connectivity index (χ2n) is 9.20. The van der Waals surface area contributed by atoms with Crippen LogP contribution in [0.15, 0.2) is 83.3 Å². The standard InChI is InChI=1S/C30H31N3O4/c1-20(2)28(31-25-18-16-21(17-19-25)26(34)10-7-11-27(35)36-3)22-12-14-24(15-13-22)30-33-32-29(37-30)23-8-5-4-6-9-23/h4-6,8-9,12-20,28,31H,7,10-11H2,1-3H3. The maximum atomic E-state index is 12.4. The van der Waals surface area contributed by atoms with Crippen molar-refractivity contribution in [3.63, 3.8) is 0 Å². The molecule has 0 amide bonds. The zero-order chi connectivity index (χ0) is 26.2. The second kappa shape index (κ2) is 12.1. The Hall–Kier alpha value is -4.26. The van der Waals surface area contributed by atoms with Gasteiger partial charge in [0, 0.05) is 35.2 Å².